The molecule has 28 heavy (non-hydrogen) atoms. The second-order valence-corrected chi connectivity index (χ2v) is 6.80. The number of rotatable bonds is 18. The predicted octanol–water partition coefficient (Wildman–Crippen LogP) is 5.59. The average molecular weight is 390 g/mol. The van der Waals surface area contributed by atoms with E-state index in [0.29, 0.717) is 6.42 Å². The molecular weight excluding hydrogens is 350 g/mol. The van der Waals surface area contributed by atoms with Gasteiger partial charge in [0.1, 0.15) is 6.61 Å². The first kappa shape index (κ1) is 26.1. The lowest BCUT2D eigenvalue weighted by atomic mass is 10.1. The number of carbonyl (C=O) groups is 2. The molecule has 0 radical (unpaired) electrons. The van der Waals surface area contributed by atoms with Crippen molar-refractivity contribution in [2.45, 2.75) is 77.6 Å². The van der Waals surface area contributed by atoms with Gasteiger partial charge in [0, 0.05) is 13.3 Å². The summed E-state index contributed by atoms with van der Waals surface area (Å²) in [5.74, 6) is -0.395. The summed E-state index contributed by atoms with van der Waals surface area (Å²) in [6, 6.07) is 0. The van der Waals surface area contributed by atoms with E-state index in [2.05, 4.69) is 53.3 Å². The zero-order valence-corrected chi connectivity index (χ0v) is 17.6. The highest BCUT2D eigenvalue weighted by atomic mass is 16.5. The standard InChI is InChI=1S/C24H39NO3/c1-23(26)28-22-24(27)20-18-16-14-12-10-8-6-4-2-3-5-7-9-11-13-15-17-19-21-25/h2,4-5,7-8,10-11,13H,3,6,9,12,14-22,25H2,1H3. The van der Waals surface area contributed by atoms with Crippen LogP contribution >= 0.6 is 0 Å². The van der Waals surface area contributed by atoms with E-state index in [0.717, 1.165) is 64.3 Å². The molecule has 0 aromatic rings. The quantitative estimate of drug-likeness (QED) is 0.188. The number of esters is 1. The van der Waals surface area contributed by atoms with Crippen LogP contribution in [0.1, 0.15) is 77.6 Å². The van der Waals surface area contributed by atoms with Gasteiger partial charge in [0.25, 0.3) is 0 Å². The molecule has 4 heteroatoms. The van der Waals surface area contributed by atoms with Gasteiger partial charge >= 0.3 is 5.97 Å². The van der Waals surface area contributed by atoms with Crippen molar-refractivity contribution < 1.29 is 14.3 Å². The molecule has 158 valence electrons. The van der Waals surface area contributed by atoms with Gasteiger partial charge in [-0.25, -0.2) is 0 Å². The minimum absolute atomic E-state index is 0.00321. The first-order valence-electron chi connectivity index (χ1n) is 10.6. The highest BCUT2D eigenvalue weighted by Crippen LogP contribution is 2.05. The lowest BCUT2D eigenvalue weighted by molar-refractivity contribution is -0.145. The van der Waals surface area contributed by atoms with E-state index in [9.17, 15) is 9.59 Å². The maximum Gasteiger partial charge on any atom is 0.303 e. The van der Waals surface area contributed by atoms with Crippen LogP contribution in [0.3, 0.4) is 0 Å². The Hall–Kier alpha value is -1.94. The highest BCUT2D eigenvalue weighted by Gasteiger charge is 2.03. The van der Waals surface area contributed by atoms with Crippen LogP contribution in [0, 0.1) is 0 Å². The smallest absolute Gasteiger partial charge is 0.303 e. The fourth-order valence-corrected chi connectivity index (χ4v) is 2.47. The third kappa shape index (κ3) is 22.1. The van der Waals surface area contributed by atoms with E-state index < -0.39 is 5.97 Å². The van der Waals surface area contributed by atoms with E-state index in [1.807, 2.05) is 0 Å². The zero-order chi connectivity index (χ0) is 20.7. The SMILES string of the molecule is CC(=O)OCC(=O)CCCCCC=CCC=CCC=CCC=CCCCCN. The van der Waals surface area contributed by atoms with Gasteiger partial charge in [-0.05, 0) is 64.3 Å². The summed E-state index contributed by atoms with van der Waals surface area (Å²) in [7, 11) is 0. The number of ether oxygens (including phenoxy) is 1. The summed E-state index contributed by atoms with van der Waals surface area (Å²) in [6.45, 7) is 2.03. The maximum atomic E-state index is 11.4. The molecule has 0 unspecified atom stereocenters. The molecule has 0 fully saturated rings. The van der Waals surface area contributed by atoms with Crippen molar-refractivity contribution in [3.05, 3.63) is 48.6 Å². The number of Topliss-reactive ketones (excluding diaryl/α,β-unsaturated/α-hetero) is 1. The van der Waals surface area contributed by atoms with Gasteiger partial charge in [-0.15, -0.1) is 0 Å². The lowest BCUT2D eigenvalue weighted by Crippen LogP contribution is -2.11. The van der Waals surface area contributed by atoms with Crippen molar-refractivity contribution in [3.63, 3.8) is 0 Å². The highest BCUT2D eigenvalue weighted by molar-refractivity contribution is 5.81. The number of ketones is 1. The van der Waals surface area contributed by atoms with Crippen molar-refractivity contribution in [1.29, 1.82) is 0 Å². The van der Waals surface area contributed by atoms with E-state index in [-0.39, 0.29) is 12.4 Å². The minimum Gasteiger partial charge on any atom is -0.458 e. The zero-order valence-electron chi connectivity index (χ0n) is 17.6. The second-order valence-electron chi connectivity index (χ2n) is 6.80. The van der Waals surface area contributed by atoms with Crippen molar-refractivity contribution in [3.8, 4) is 0 Å². The van der Waals surface area contributed by atoms with Crippen molar-refractivity contribution in [2.75, 3.05) is 13.2 Å². The normalized spacial score (nSPS) is 12.1. The Morgan fingerprint density at radius 1 is 0.714 bits per heavy atom. The van der Waals surface area contributed by atoms with Crippen LogP contribution in [0.2, 0.25) is 0 Å². The summed E-state index contributed by atoms with van der Waals surface area (Å²) in [5, 5.41) is 0. The number of hydrogen-bond acceptors (Lipinski definition) is 4. The van der Waals surface area contributed by atoms with Crippen LogP contribution in [0.4, 0.5) is 0 Å². The van der Waals surface area contributed by atoms with Crippen molar-refractivity contribution in [1.82, 2.24) is 0 Å². The van der Waals surface area contributed by atoms with Gasteiger partial charge in [0.15, 0.2) is 5.78 Å². The molecule has 0 aliphatic heterocycles. The summed E-state index contributed by atoms with van der Waals surface area (Å²) in [4.78, 5) is 22.0. The van der Waals surface area contributed by atoms with E-state index in [1.54, 1.807) is 0 Å². The molecule has 0 spiro atoms. The molecule has 0 rings (SSSR count). The Balaban J connectivity index is 3.43. The fourth-order valence-electron chi connectivity index (χ4n) is 2.47. The summed E-state index contributed by atoms with van der Waals surface area (Å²) >= 11 is 0. The number of unbranched alkanes of at least 4 members (excludes halogenated alkanes) is 5. The van der Waals surface area contributed by atoms with Crippen molar-refractivity contribution in [2.24, 2.45) is 5.73 Å². The first-order chi connectivity index (χ1) is 13.7. The molecule has 0 saturated carbocycles. The number of nitrogens with two attached hydrogens (primary N) is 1. The largest absolute Gasteiger partial charge is 0.458 e. The summed E-state index contributed by atoms with van der Waals surface area (Å²) in [6.07, 6.45) is 28.5. The lowest BCUT2D eigenvalue weighted by Gasteiger charge is -2.01. The van der Waals surface area contributed by atoms with Gasteiger partial charge in [-0.1, -0.05) is 55.0 Å². The van der Waals surface area contributed by atoms with Gasteiger partial charge in [0.2, 0.25) is 0 Å². The molecule has 0 aromatic heterocycles. The third-order valence-corrected chi connectivity index (χ3v) is 4.07. The van der Waals surface area contributed by atoms with Gasteiger partial charge in [0.05, 0.1) is 0 Å². The number of hydrogen-bond donors (Lipinski definition) is 1. The Morgan fingerprint density at radius 2 is 1.21 bits per heavy atom. The summed E-state index contributed by atoms with van der Waals surface area (Å²) < 4.78 is 4.68. The first-order valence-corrected chi connectivity index (χ1v) is 10.6. The Labute approximate surface area is 171 Å². The molecule has 0 aliphatic rings. The van der Waals surface area contributed by atoms with Gasteiger partial charge < -0.3 is 10.5 Å². The number of carbonyl (C=O) groups excluding carboxylic acids is 2. The molecule has 2 N–H and O–H groups in total. The molecule has 0 amide bonds. The van der Waals surface area contributed by atoms with Gasteiger partial charge in [-0.3, -0.25) is 9.59 Å². The Kier molecular flexibility index (Phi) is 19.9. The van der Waals surface area contributed by atoms with Crippen LogP contribution in [-0.4, -0.2) is 24.9 Å². The van der Waals surface area contributed by atoms with Gasteiger partial charge in [-0.2, -0.15) is 0 Å². The summed E-state index contributed by atoms with van der Waals surface area (Å²) in [5.41, 5.74) is 5.46. The molecule has 4 nitrogen and oxygen atoms in total. The van der Waals surface area contributed by atoms with E-state index in [4.69, 9.17) is 5.73 Å². The molecule has 0 saturated heterocycles. The third-order valence-electron chi connectivity index (χ3n) is 4.07. The molecule has 0 atom stereocenters. The topological polar surface area (TPSA) is 69.4 Å². The molecule has 0 aliphatic carbocycles. The van der Waals surface area contributed by atoms with Crippen LogP contribution in [0.25, 0.3) is 0 Å². The van der Waals surface area contributed by atoms with Crippen LogP contribution in [-0.2, 0) is 14.3 Å². The van der Waals surface area contributed by atoms with E-state index in [1.165, 1.54) is 13.3 Å². The van der Waals surface area contributed by atoms with Crippen LogP contribution in [0.5, 0.6) is 0 Å². The van der Waals surface area contributed by atoms with E-state index >= 15 is 0 Å². The Morgan fingerprint density at radius 3 is 1.71 bits per heavy atom. The molecule has 0 heterocycles. The van der Waals surface area contributed by atoms with Crippen LogP contribution in [0.15, 0.2) is 48.6 Å². The maximum absolute atomic E-state index is 11.4. The monoisotopic (exact) mass is 389 g/mol. The average Bonchev–Trinajstić information content (AvgIpc) is 2.68. The molecular formula is C24H39NO3. The van der Waals surface area contributed by atoms with Crippen molar-refractivity contribution >= 4 is 11.8 Å². The predicted molar refractivity (Wildman–Crippen MR) is 118 cm³/mol. The minimum atomic E-state index is -0.398. The Bertz CT molecular complexity index is 504. The van der Waals surface area contributed by atoms with Crippen LogP contribution < -0.4 is 5.73 Å². The molecule has 0 aromatic carbocycles. The fraction of sp³-hybridized carbons (Fsp3) is 0.583. The number of allylic oxidation sites excluding steroid dienone is 8. The second kappa shape index (κ2) is 21.4. The molecule has 0 bridgehead atoms.